The summed E-state index contributed by atoms with van der Waals surface area (Å²) in [6, 6.07) is 9.13. The third-order valence-electron chi connectivity index (χ3n) is 3.31. The normalized spacial score (nSPS) is 11.8. The molecule has 0 aliphatic carbocycles. The quantitative estimate of drug-likeness (QED) is 0.370. The van der Waals surface area contributed by atoms with Crippen LogP contribution in [0, 0.1) is 0 Å². The van der Waals surface area contributed by atoms with Crippen LogP contribution < -0.4 is 0 Å². The van der Waals surface area contributed by atoms with Crippen LogP contribution in [0.1, 0.15) is 38.2 Å². The van der Waals surface area contributed by atoms with Crippen LogP contribution in [0.3, 0.4) is 0 Å². The molecule has 2 rings (SSSR count). The van der Waals surface area contributed by atoms with Gasteiger partial charge in [-0.1, -0.05) is 18.2 Å². The van der Waals surface area contributed by atoms with E-state index in [1.54, 1.807) is 13.0 Å². The Hall–Kier alpha value is -3.22. The number of fused-ring (bicyclic) bond motifs is 1. The van der Waals surface area contributed by atoms with E-state index in [-0.39, 0.29) is 11.8 Å². The van der Waals surface area contributed by atoms with Gasteiger partial charge in [-0.15, -0.1) is 0 Å². The lowest BCUT2D eigenvalue weighted by Crippen LogP contribution is -2.25. The summed E-state index contributed by atoms with van der Waals surface area (Å²) >= 11 is 0. The lowest BCUT2D eigenvalue weighted by molar-refractivity contribution is -0.142. The van der Waals surface area contributed by atoms with E-state index in [0.717, 1.165) is 15.9 Å². The molecule has 0 spiro atoms. The summed E-state index contributed by atoms with van der Waals surface area (Å²) in [5, 5.41) is 5.73. The van der Waals surface area contributed by atoms with E-state index < -0.39 is 11.9 Å². The van der Waals surface area contributed by atoms with Crippen molar-refractivity contribution in [3.05, 3.63) is 41.9 Å². The SMILES string of the molecule is C/C=N\N(C(C)=O)/C(=C/c1cc2ccccc2n1C(C)=O)OC(C)=O. The van der Waals surface area contributed by atoms with Crippen molar-refractivity contribution < 1.29 is 19.1 Å². The first-order valence-corrected chi connectivity index (χ1v) is 7.66. The second kappa shape index (κ2) is 7.57. The number of esters is 1. The number of benzene rings is 1. The third kappa shape index (κ3) is 4.00. The minimum absolute atomic E-state index is 0.0802. The Balaban J connectivity index is 2.68. The molecule has 0 fully saturated rings. The predicted molar refractivity (Wildman–Crippen MR) is 94.7 cm³/mol. The van der Waals surface area contributed by atoms with E-state index in [4.69, 9.17) is 4.74 Å². The predicted octanol–water partition coefficient (Wildman–Crippen LogP) is 3.02. The molecule has 0 aliphatic rings. The average molecular weight is 341 g/mol. The Morgan fingerprint density at radius 3 is 2.40 bits per heavy atom. The monoisotopic (exact) mass is 341 g/mol. The molecule has 2 aromatic rings. The zero-order valence-electron chi connectivity index (χ0n) is 14.5. The molecule has 0 atom stereocenters. The minimum Gasteiger partial charge on any atom is -0.407 e. The smallest absolute Gasteiger partial charge is 0.309 e. The van der Waals surface area contributed by atoms with Gasteiger partial charge in [-0.05, 0) is 19.1 Å². The summed E-state index contributed by atoms with van der Waals surface area (Å²) in [5.74, 6) is -1.32. The molecular weight excluding hydrogens is 322 g/mol. The van der Waals surface area contributed by atoms with Crippen molar-refractivity contribution in [2.24, 2.45) is 5.10 Å². The summed E-state index contributed by atoms with van der Waals surface area (Å²) in [5.41, 5.74) is 1.19. The van der Waals surface area contributed by atoms with Crippen molar-refractivity contribution >= 4 is 41.0 Å². The number of rotatable bonds is 4. The molecule has 0 saturated carbocycles. The molecule has 25 heavy (non-hydrogen) atoms. The average Bonchev–Trinajstić information content (AvgIpc) is 2.89. The number of para-hydroxylation sites is 1. The number of carbonyl (C=O) groups is 3. The third-order valence-corrected chi connectivity index (χ3v) is 3.31. The van der Waals surface area contributed by atoms with E-state index in [2.05, 4.69) is 5.10 Å². The van der Waals surface area contributed by atoms with Crippen LogP contribution in [0.25, 0.3) is 17.0 Å². The standard InChI is InChI=1S/C18H19N3O4/c1-5-19-21(13(3)23)18(25-14(4)24)11-16-10-15-8-6-7-9-17(15)20(16)12(2)22/h5-11H,1-4H3/b18-11-,19-5-. The van der Waals surface area contributed by atoms with Crippen LogP contribution in [0.4, 0.5) is 0 Å². The van der Waals surface area contributed by atoms with Gasteiger partial charge in [-0.2, -0.15) is 10.1 Å². The summed E-state index contributed by atoms with van der Waals surface area (Å²) in [6.07, 6.45) is 2.84. The zero-order valence-corrected chi connectivity index (χ0v) is 14.5. The van der Waals surface area contributed by atoms with Gasteiger partial charge in [-0.25, -0.2) is 0 Å². The number of amides is 1. The molecular formula is C18H19N3O4. The van der Waals surface area contributed by atoms with Crippen LogP contribution in [0.15, 0.2) is 41.3 Å². The summed E-state index contributed by atoms with van der Waals surface area (Å²) < 4.78 is 6.63. The number of aromatic nitrogens is 1. The Kier molecular flexibility index (Phi) is 5.49. The fraction of sp³-hybridized carbons (Fsp3) is 0.222. The van der Waals surface area contributed by atoms with Crippen molar-refractivity contribution in [3.63, 3.8) is 0 Å². The molecule has 0 unspecified atom stereocenters. The number of hydrogen-bond donors (Lipinski definition) is 0. The van der Waals surface area contributed by atoms with E-state index in [1.807, 2.05) is 24.3 Å². The van der Waals surface area contributed by atoms with Gasteiger partial charge in [-0.3, -0.25) is 19.0 Å². The van der Waals surface area contributed by atoms with Gasteiger partial charge in [0.1, 0.15) is 0 Å². The van der Waals surface area contributed by atoms with Crippen LogP contribution in [0.5, 0.6) is 0 Å². The molecule has 0 saturated heterocycles. The lowest BCUT2D eigenvalue weighted by Gasteiger charge is -2.17. The van der Waals surface area contributed by atoms with Gasteiger partial charge in [0, 0.05) is 38.4 Å². The Labute approximate surface area is 145 Å². The summed E-state index contributed by atoms with van der Waals surface area (Å²) in [6.45, 7) is 5.59. The second-order valence-electron chi connectivity index (χ2n) is 5.26. The van der Waals surface area contributed by atoms with Crippen molar-refractivity contribution in [2.75, 3.05) is 0 Å². The van der Waals surface area contributed by atoms with Gasteiger partial charge >= 0.3 is 5.97 Å². The van der Waals surface area contributed by atoms with Crippen LogP contribution in [-0.4, -0.2) is 33.6 Å². The number of hydrogen-bond acceptors (Lipinski definition) is 5. The van der Waals surface area contributed by atoms with Crippen molar-refractivity contribution in [1.82, 2.24) is 9.58 Å². The molecule has 0 aliphatic heterocycles. The van der Waals surface area contributed by atoms with E-state index in [0.29, 0.717) is 5.69 Å². The molecule has 0 bridgehead atoms. The largest absolute Gasteiger partial charge is 0.407 e. The van der Waals surface area contributed by atoms with E-state index in [1.165, 1.54) is 37.6 Å². The highest BCUT2D eigenvalue weighted by molar-refractivity contribution is 5.95. The van der Waals surface area contributed by atoms with Crippen molar-refractivity contribution in [3.8, 4) is 0 Å². The van der Waals surface area contributed by atoms with Gasteiger partial charge < -0.3 is 4.74 Å². The van der Waals surface area contributed by atoms with Crippen molar-refractivity contribution in [2.45, 2.75) is 27.7 Å². The highest BCUT2D eigenvalue weighted by Crippen LogP contribution is 2.23. The van der Waals surface area contributed by atoms with Crippen LogP contribution in [0.2, 0.25) is 0 Å². The van der Waals surface area contributed by atoms with Gasteiger partial charge in [0.15, 0.2) is 0 Å². The number of ether oxygens (including phenoxy) is 1. The van der Waals surface area contributed by atoms with E-state index >= 15 is 0 Å². The molecule has 1 aromatic carbocycles. The fourth-order valence-electron chi connectivity index (χ4n) is 2.45. The second-order valence-corrected chi connectivity index (χ2v) is 5.26. The fourth-order valence-corrected chi connectivity index (χ4v) is 2.45. The maximum absolute atomic E-state index is 12.1. The highest BCUT2D eigenvalue weighted by Gasteiger charge is 2.19. The number of nitrogens with zero attached hydrogens (tertiary/aromatic N) is 3. The van der Waals surface area contributed by atoms with Gasteiger partial charge in [0.25, 0.3) is 0 Å². The Morgan fingerprint density at radius 2 is 1.84 bits per heavy atom. The summed E-state index contributed by atoms with van der Waals surface area (Å²) in [7, 11) is 0. The molecule has 1 heterocycles. The van der Waals surface area contributed by atoms with Gasteiger partial charge in [0.05, 0.1) is 11.2 Å². The molecule has 1 amide bonds. The van der Waals surface area contributed by atoms with Crippen LogP contribution >= 0.6 is 0 Å². The lowest BCUT2D eigenvalue weighted by atomic mass is 10.2. The molecule has 130 valence electrons. The topological polar surface area (TPSA) is 81.0 Å². The number of carbonyl (C=O) groups excluding carboxylic acids is 3. The maximum atomic E-state index is 12.1. The van der Waals surface area contributed by atoms with Crippen molar-refractivity contribution in [1.29, 1.82) is 0 Å². The molecule has 7 nitrogen and oxygen atoms in total. The maximum Gasteiger partial charge on any atom is 0.309 e. The molecule has 0 radical (unpaired) electrons. The Bertz CT molecular complexity index is 893. The first kappa shape index (κ1) is 18.1. The summed E-state index contributed by atoms with van der Waals surface area (Å²) in [4.78, 5) is 35.4. The first-order valence-electron chi connectivity index (χ1n) is 7.66. The zero-order chi connectivity index (χ0) is 18.6. The first-order chi connectivity index (χ1) is 11.8. The molecule has 7 heteroatoms. The minimum atomic E-state index is -0.603. The number of hydrazone groups is 1. The van der Waals surface area contributed by atoms with Crippen LogP contribution in [-0.2, 0) is 14.3 Å². The van der Waals surface area contributed by atoms with Gasteiger partial charge in [0.2, 0.25) is 17.7 Å². The molecule has 0 N–H and O–H groups in total. The Morgan fingerprint density at radius 1 is 1.16 bits per heavy atom. The van der Waals surface area contributed by atoms with E-state index in [9.17, 15) is 14.4 Å². The highest BCUT2D eigenvalue weighted by atomic mass is 16.6. The molecule has 1 aromatic heterocycles.